The van der Waals surface area contributed by atoms with Crippen molar-refractivity contribution in [1.82, 2.24) is 9.97 Å². The molecule has 3 nitrogen and oxygen atoms in total. The average Bonchev–Trinajstić information content (AvgIpc) is 1.85. The Labute approximate surface area is 66.7 Å². The summed E-state index contributed by atoms with van der Waals surface area (Å²) < 4.78 is 0. The van der Waals surface area contributed by atoms with Gasteiger partial charge in [0.15, 0.2) is 0 Å². The Morgan fingerprint density at radius 3 is 2.55 bits per heavy atom. The third-order valence-electron chi connectivity index (χ3n) is 1.55. The SMILES string of the molecule is Cc1nc(N)cnc1C(C)C. The Kier molecular flexibility index (Phi) is 2.08. The van der Waals surface area contributed by atoms with Crippen molar-refractivity contribution in [3.63, 3.8) is 0 Å². The molecule has 0 aliphatic heterocycles. The van der Waals surface area contributed by atoms with Crippen molar-refractivity contribution < 1.29 is 0 Å². The normalized spacial score (nSPS) is 10.5. The largest absolute Gasteiger partial charge is 0.382 e. The van der Waals surface area contributed by atoms with E-state index in [2.05, 4.69) is 23.8 Å². The van der Waals surface area contributed by atoms with Crippen LogP contribution in [0.5, 0.6) is 0 Å². The second kappa shape index (κ2) is 2.86. The maximum Gasteiger partial charge on any atom is 0.142 e. The summed E-state index contributed by atoms with van der Waals surface area (Å²) in [6, 6.07) is 0. The van der Waals surface area contributed by atoms with Gasteiger partial charge in [-0.25, -0.2) is 4.98 Å². The van der Waals surface area contributed by atoms with Crippen LogP contribution in [0.3, 0.4) is 0 Å². The summed E-state index contributed by atoms with van der Waals surface area (Å²) in [5.74, 6) is 0.912. The Hall–Kier alpha value is -1.12. The number of nitrogens with zero attached hydrogens (tertiary/aromatic N) is 2. The molecule has 0 bridgehead atoms. The lowest BCUT2D eigenvalue weighted by molar-refractivity contribution is 0.797. The van der Waals surface area contributed by atoms with E-state index >= 15 is 0 Å². The molecule has 0 aliphatic carbocycles. The maximum atomic E-state index is 5.45. The first-order chi connectivity index (χ1) is 5.11. The number of anilines is 1. The monoisotopic (exact) mass is 151 g/mol. The van der Waals surface area contributed by atoms with Gasteiger partial charge in [0.25, 0.3) is 0 Å². The van der Waals surface area contributed by atoms with Crippen LogP contribution in [0, 0.1) is 6.92 Å². The van der Waals surface area contributed by atoms with E-state index in [1.165, 1.54) is 0 Å². The number of aryl methyl sites for hydroxylation is 1. The van der Waals surface area contributed by atoms with Gasteiger partial charge in [0.2, 0.25) is 0 Å². The fraction of sp³-hybridized carbons (Fsp3) is 0.500. The smallest absolute Gasteiger partial charge is 0.142 e. The van der Waals surface area contributed by atoms with Gasteiger partial charge < -0.3 is 5.73 Å². The quantitative estimate of drug-likeness (QED) is 0.661. The van der Waals surface area contributed by atoms with Crippen LogP contribution < -0.4 is 5.73 Å². The highest BCUT2D eigenvalue weighted by molar-refractivity contribution is 5.27. The van der Waals surface area contributed by atoms with Gasteiger partial charge in [0.05, 0.1) is 17.6 Å². The van der Waals surface area contributed by atoms with Gasteiger partial charge in [-0.15, -0.1) is 0 Å². The number of nitrogen functional groups attached to an aromatic ring is 1. The van der Waals surface area contributed by atoms with Crippen molar-refractivity contribution in [1.29, 1.82) is 0 Å². The predicted octanol–water partition coefficient (Wildman–Crippen LogP) is 1.49. The van der Waals surface area contributed by atoms with Crippen molar-refractivity contribution in [2.24, 2.45) is 0 Å². The summed E-state index contributed by atoms with van der Waals surface area (Å²) in [5, 5.41) is 0. The molecule has 0 amide bonds. The standard InChI is InChI=1S/C8H13N3/c1-5(2)8-6(3)11-7(9)4-10-8/h4-5H,1-3H3,(H2,9,11). The van der Waals surface area contributed by atoms with E-state index < -0.39 is 0 Å². The molecule has 0 saturated heterocycles. The number of hydrogen-bond donors (Lipinski definition) is 1. The minimum atomic E-state index is 0.420. The molecule has 1 aromatic heterocycles. The summed E-state index contributed by atoms with van der Waals surface area (Å²) in [6.45, 7) is 6.11. The van der Waals surface area contributed by atoms with Gasteiger partial charge in [-0.3, -0.25) is 4.98 Å². The Morgan fingerprint density at radius 2 is 2.09 bits per heavy atom. The summed E-state index contributed by atoms with van der Waals surface area (Å²) in [7, 11) is 0. The predicted molar refractivity (Wildman–Crippen MR) is 45.3 cm³/mol. The highest BCUT2D eigenvalue weighted by atomic mass is 14.9. The average molecular weight is 151 g/mol. The summed E-state index contributed by atoms with van der Waals surface area (Å²) in [4.78, 5) is 8.30. The Bertz CT molecular complexity index is 256. The lowest BCUT2D eigenvalue weighted by Crippen LogP contribution is -2.01. The van der Waals surface area contributed by atoms with Gasteiger partial charge in [0, 0.05) is 0 Å². The molecular weight excluding hydrogens is 138 g/mol. The zero-order chi connectivity index (χ0) is 8.43. The van der Waals surface area contributed by atoms with E-state index in [9.17, 15) is 0 Å². The van der Waals surface area contributed by atoms with Gasteiger partial charge in [-0.05, 0) is 12.8 Å². The lowest BCUT2D eigenvalue weighted by Gasteiger charge is -2.06. The van der Waals surface area contributed by atoms with Crippen molar-refractivity contribution in [2.45, 2.75) is 26.7 Å². The van der Waals surface area contributed by atoms with E-state index in [0.717, 1.165) is 11.4 Å². The van der Waals surface area contributed by atoms with E-state index in [1.54, 1.807) is 6.20 Å². The number of aromatic nitrogens is 2. The fourth-order valence-electron chi connectivity index (χ4n) is 1.08. The molecule has 0 fully saturated rings. The molecule has 0 unspecified atom stereocenters. The van der Waals surface area contributed by atoms with Crippen molar-refractivity contribution in [3.05, 3.63) is 17.6 Å². The van der Waals surface area contributed by atoms with Crippen LogP contribution in [0.1, 0.15) is 31.2 Å². The molecule has 1 aromatic rings. The molecule has 0 atom stereocenters. The molecule has 2 N–H and O–H groups in total. The molecule has 0 spiro atoms. The van der Waals surface area contributed by atoms with Gasteiger partial charge in [-0.2, -0.15) is 0 Å². The molecule has 0 saturated carbocycles. The van der Waals surface area contributed by atoms with Crippen molar-refractivity contribution in [3.8, 4) is 0 Å². The van der Waals surface area contributed by atoms with Gasteiger partial charge in [-0.1, -0.05) is 13.8 Å². The molecule has 1 heterocycles. The van der Waals surface area contributed by atoms with E-state index in [0.29, 0.717) is 11.7 Å². The molecule has 0 aliphatic rings. The second-order valence-corrected chi connectivity index (χ2v) is 2.92. The highest BCUT2D eigenvalue weighted by Crippen LogP contribution is 2.14. The molecule has 0 radical (unpaired) electrons. The second-order valence-electron chi connectivity index (χ2n) is 2.92. The van der Waals surface area contributed by atoms with Crippen LogP contribution in [0.25, 0.3) is 0 Å². The molecule has 1 rings (SSSR count). The van der Waals surface area contributed by atoms with Crippen LogP contribution >= 0.6 is 0 Å². The van der Waals surface area contributed by atoms with E-state index in [4.69, 9.17) is 5.73 Å². The first-order valence-electron chi connectivity index (χ1n) is 3.70. The summed E-state index contributed by atoms with van der Waals surface area (Å²) in [5.41, 5.74) is 7.41. The van der Waals surface area contributed by atoms with Crippen molar-refractivity contribution in [2.75, 3.05) is 5.73 Å². The van der Waals surface area contributed by atoms with Gasteiger partial charge >= 0.3 is 0 Å². The van der Waals surface area contributed by atoms with E-state index in [-0.39, 0.29) is 0 Å². The van der Waals surface area contributed by atoms with E-state index in [1.807, 2.05) is 6.92 Å². The number of hydrogen-bond acceptors (Lipinski definition) is 3. The fourth-order valence-corrected chi connectivity index (χ4v) is 1.08. The third kappa shape index (κ3) is 1.67. The minimum Gasteiger partial charge on any atom is -0.382 e. The first kappa shape index (κ1) is 7.98. The Balaban J connectivity index is 3.09. The first-order valence-corrected chi connectivity index (χ1v) is 3.70. The topological polar surface area (TPSA) is 51.8 Å². The lowest BCUT2D eigenvalue weighted by atomic mass is 10.1. The van der Waals surface area contributed by atoms with Crippen LogP contribution in [0.4, 0.5) is 5.82 Å². The zero-order valence-corrected chi connectivity index (χ0v) is 7.13. The number of nitrogens with two attached hydrogens (primary N) is 1. The van der Waals surface area contributed by atoms with Crippen molar-refractivity contribution >= 4 is 5.82 Å². The summed E-state index contributed by atoms with van der Waals surface area (Å²) in [6.07, 6.45) is 1.60. The maximum absolute atomic E-state index is 5.45. The zero-order valence-electron chi connectivity index (χ0n) is 7.13. The molecular formula is C8H13N3. The van der Waals surface area contributed by atoms with Crippen LogP contribution in [-0.4, -0.2) is 9.97 Å². The molecule has 3 heteroatoms. The molecule has 60 valence electrons. The molecule has 0 aromatic carbocycles. The molecule has 11 heavy (non-hydrogen) atoms. The number of rotatable bonds is 1. The van der Waals surface area contributed by atoms with Crippen LogP contribution in [0.15, 0.2) is 6.20 Å². The van der Waals surface area contributed by atoms with Crippen LogP contribution in [-0.2, 0) is 0 Å². The van der Waals surface area contributed by atoms with Gasteiger partial charge in [0.1, 0.15) is 5.82 Å². The highest BCUT2D eigenvalue weighted by Gasteiger charge is 2.05. The third-order valence-corrected chi connectivity index (χ3v) is 1.55. The van der Waals surface area contributed by atoms with Crippen LogP contribution in [0.2, 0.25) is 0 Å². The Morgan fingerprint density at radius 1 is 1.45 bits per heavy atom. The minimum absolute atomic E-state index is 0.420. The summed E-state index contributed by atoms with van der Waals surface area (Å²) >= 11 is 0.